The third-order valence-corrected chi connectivity index (χ3v) is 3.99. The van der Waals surface area contributed by atoms with Crippen molar-refractivity contribution in [1.29, 1.82) is 0 Å². The Labute approximate surface area is 119 Å². The van der Waals surface area contributed by atoms with Crippen molar-refractivity contribution < 1.29 is 9.53 Å². The number of nitrogens with one attached hydrogen (secondary N) is 1. The van der Waals surface area contributed by atoms with Crippen LogP contribution >= 0.6 is 0 Å². The van der Waals surface area contributed by atoms with Crippen LogP contribution in [0.3, 0.4) is 0 Å². The molecule has 1 saturated heterocycles. The summed E-state index contributed by atoms with van der Waals surface area (Å²) >= 11 is 0. The largest absolute Gasteiger partial charge is 0.378 e. The van der Waals surface area contributed by atoms with Crippen molar-refractivity contribution in [3.05, 3.63) is 23.4 Å². The second-order valence-corrected chi connectivity index (χ2v) is 5.46. The monoisotopic (exact) mass is 275 g/mol. The highest BCUT2D eigenvalue weighted by molar-refractivity contribution is 5.84. The van der Waals surface area contributed by atoms with Gasteiger partial charge >= 0.3 is 0 Å². The maximum atomic E-state index is 12.3. The van der Waals surface area contributed by atoms with Gasteiger partial charge in [0.05, 0.1) is 13.2 Å². The third-order valence-electron chi connectivity index (χ3n) is 3.99. The van der Waals surface area contributed by atoms with Crippen LogP contribution in [-0.4, -0.2) is 48.1 Å². The molecular formula is C15H21N3O2. The molecule has 0 aromatic carbocycles. The number of carbonyl (C=O) groups is 1. The number of hydrogen-bond acceptors (Lipinski definition) is 4. The topological polar surface area (TPSA) is 54.5 Å². The molecule has 5 nitrogen and oxygen atoms in total. The van der Waals surface area contributed by atoms with Gasteiger partial charge in [-0.05, 0) is 37.8 Å². The summed E-state index contributed by atoms with van der Waals surface area (Å²) in [6.07, 6.45) is 3.37. The van der Waals surface area contributed by atoms with Gasteiger partial charge in [-0.15, -0.1) is 0 Å². The summed E-state index contributed by atoms with van der Waals surface area (Å²) in [6.45, 7) is 4.53. The van der Waals surface area contributed by atoms with Gasteiger partial charge in [-0.3, -0.25) is 4.79 Å². The molecule has 1 atom stereocenters. The third kappa shape index (κ3) is 2.77. The first kappa shape index (κ1) is 13.4. The first-order valence-electron chi connectivity index (χ1n) is 7.36. The molecule has 0 saturated carbocycles. The second kappa shape index (κ2) is 5.79. The Morgan fingerprint density at radius 2 is 2.15 bits per heavy atom. The van der Waals surface area contributed by atoms with E-state index < -0.39 is 0 Å². The van der Waals surface area contributed by atoms with E-state index in [4.69, 9.17) is 4.74 Å². The lowest BCUT2D eigenvalue weighted by molar-refractivity contribution is -0.135. The summed E-state index contributed by atoms with van der Waals surface area (Å²) in [6, 6.07) is 3.86. The Kier molecular flexibility index (Phi) is 3.87. The highest BCUT2D eigenvalue weighted by Crippen LogP contribution is 2.21. The van der Waals surface area contributed by atoms with E-state index in [0.29, 0.717) is 26.3 Å². The molecule has 1 amide bonds. The van der Waals surface area contributed by atoms with Crippen molar-refractivity contribution in [2.75, 3.05) is 31.6 Å². The number of pyridine rings is 1. The number of aromatic nitrogens is 1. The Hall–Kier alpha value is -1.62. The number of amides is 1. The first-order valence-corrected chi connectivity index (χ1v) is 7.36. The number of morpholine rings is 1. The fraction of sp³-hybridized carbons (Fsp3) is 0.600. The minimum atomic E-state index is -0.250. The highest BCUT2D eigenvalue weighted by Gasteiger charge is 2.23. The lowest BCUT2D eigenvalue weighted by Crippen LogP contribution is -2.47. The molecule has 1 aliphatic carbocycles. The zero-order valence-corrected chi connectivity index (χ0v) is 11.9. The van der Waals surface area contributed by atoms with Gasteiger partial charge in [-0.1, -0.05) is 6.07 Å². The highest BCUT2D eigenvalue weighted by atomic mass is 16.5. The zero-order chi connectivity index (χ0) is 13.9. The van der Waals surface area contributed by atoms with Crippen LogP contribution in [-0.2, 0) is 22.4 Å². The van der Waals surface area contributed by atoms with Gasteiger partial charge in [-0.2, -0.15) is 0 Å². The van der Waals surface area contributed by atoms with E-state index in [-0.39, 0.29) is 11.9 Å². The van der Waals surface area contributed by atoms with Gasteiger partial charge < -0.3 is 15.0 Å². The molecule has 1 N–H and O–H groups in total. The molecule has 1 aromatic heterocycles. The fourth-order valence-electron chi connectivity index (χ4n) is 2.84. The summed E-state index contributed by atoms with van der Waals surface area (Å²) in [5.41, 5.74) is 2.53. The Balaban J connectivity index is 1.63. The van der Waals surface area contributed by atoms with E-state index in [0.717, 1.165) is 18.7 Å². The van der Waals surface area contributed by atoms with Crippen LogP contribution < -0.4 is 5.32 Å². The van der Waals surface area contributed by atoms with Crippen LogP contribution in [0.15, 0.2) is 12.1 Å². The van der Waals surface area contributed by atoms with E-state index in [9.17, 15) is 4.79 Å². The van der Waals surface area contributed by atoms with Crippen molar-refractivity contribution in [2.45, 2.75) is 32.2 Å². The average Bonchev–Trinajstić information content (AvgIpc) is 2.95. The molecule has 2 heterocycles. The van der Waals surface area contributed by atoms with E-state index in [1.807, 2.05) is 17.9 Å². The molecule has 0 radical (unpaired) electrons. The van der Waals surface area contributed by atoms with Crippen LogP contribution in [0.1, 0.15) is 24.6 Å². The molecule has 0 bridgehead atoms. The van der Waals surface area contributed by atoms with Crippen molar-refractivity contribution in [3.63, 3.8) is 0 Å². The van der Waals surface area contributed by atoms with Crippen molar-refractivity contribution in [2.24, 2.45) is 0 Å². The van der Waals surface area contributed by atoms with Gasteiger partial charge in [0, 0.05) is 18.8 Å². The number of carbonyl (C=O) groups excluding carboxylic acids is 1. The Morgan fingerprint density at radius 3 is 2.95 bits per heavy atom. The van der Waals surface area contributed by atoms with Crippen LogP contribution in [0.25, 0.3) is 0 Å². The zero-order valence-electron chi connectivity index (χ0n) is 11.9. The number of ether oxygens (including phenoxy) is 1. The molecule has 1 aliphatic heterocycles. The summed E-state index contributed by atoms with van der Waals surface area (Å²) in [7, 11) is 0. The normalized spacial score (nSPS) is 19.6. The van der Waals surface area contributed by atoms with Crippen LogP contribution in [0.4, 0.5) is 5.82 Å². The lowest BCUT2D eigenvalue weighted by Gasteiger charge is -2.29. The van der Waals surface area contributed by atoms with Crippen molar-refractivity contribution in [3.8, 4) is 0 Å². The first-order chi connectivity index (χ1) is 9.74. The summed E-state index contributed by atoms with van der Waals surface area (Å²) < 4.78 is 5.27. The molecule has 1 aromatic rings. The van der Waals surface area contributed by atoms with Gasteiger partial charge in [0.1, 0.15) is 11.9 Å². The minimum absolute atomic E-state index is 0.121. The molecular weight excluding hydrogens is 254 g/mol. The molecule has 20 heavy (non-hydrogen) atoms. The summed E-state index contributed by atoms with van der Waals surface area (Å²) in [4.78, 5) is 18.8. The van der Waals surface area contributed by atoms with Crippen LogP contribution in [0, 0.1) is 0 Å². The minimum Gasteiger partial charge on any atom is -0.378 e. The van der Waals surface area contributed by atoms with E-state index in [2.05, 4.69) is 16.4 Å². The number of rotatable bonds is 3. The lowest BCUT2D eigenvalue weighted by atomic mass is 10.2. The van der Waals surface area contributed by atoms with Crippen molar-refractivity contribution >= 4 is 11.7 Å². The average molecular weight is 275 g/mol. The number of hydrogen-bond donors (Lipinski definition) is 1. The van der Waals surface area contributed by atoms with Gasteiger partial charge in [0.2, 0.25) is 5.91 Å². The Morgan fingerprint density at radius 1 is 1.35 bits per heavy atom. The maximum absolute atomic E-state index is 12.3. The summed E-state index contributed by atoms with van der Waals surface area (Å²) in [5, 5.41) is 3.23. The molecule has 5 heteroatoms. The van der Waals surface area contributed by atoms with Gasteiger partial charge in [0.15, 0.2) is 0 Å². The molecule has 3 rings (SSSR count). The Bertz CT molecular complexity index is 498. The van der Waals surface area contributed by atoms with Crippen molar-refractivity contribution in [1.82, 2.24) is 9.88 Å². The van der Waals surface area contributed by atoms with E-state index in [1.54, 1.807) is 0 Å². The molecule has 108 valence electrons. The van der Waals surface area contributed by atoms with E-state index >= 15 is 0 Å². The number of anilines is 1. The number of nitrogens with zero attached hydrogens (tertiary/aromatic N) is 2. The molecule has 1 unspecified atom stereocenters. The van der Waals surface area contributed by atoms with Crippen LogP contribution in [0.2, 0.25) is 0 Å². The smallest absolute Gasteiger partial charge is 0.244 e. The van der Waals surface area contributed by atoms with Gasteiger partial charge in [-0.25, -0.2) is 4.98 Å². The summed E-state index contributed by atoms with van der Waals surface area (Å²) in [5.74, 6) is 0.926. The van der Waals surface area contributed by atoms with Gasteiger partial charge in [0.25, 0.3) is 0 Å². The standard InChI is InChI=1S/C15H21N3O2/c1-11(15(19)18-7-9-20-10-8-18)16-14-6-5-12-3-2-4-13(12)17-14/h5-6,11H,2-4,7-10H2,1H3,(H,16,17). The van der Waals surface area contributed by atoms with E-state index in [1.165, 1.54) is 17.7 Å². The second-order valence-electron chi connectivity index (χ2n) is 5.46. The number of aryl methyl sites for hydroxylation is 2. The number of fused-ring (bicyclic) bond motifs is 1. The molecule has 0 spiro atoms. The van der Waals surface area contributed by atoms with Crippen LogP contribution in [0.5, 0.6) is 0 Å². The predicted octanol–water partition coefficient (Wildman–Crippen LogP) is 1.23. The SMILES string of the molecule is CC(Nc1ccc2c(n1)CCC2)C(=O)N1CCOCC1. The fourth-order valence-corrected chi connectivity index (χ4v) is 2.84. The predicted molar refractivity (Wildman–Crippen MR) is 76.7 cm³/mol. The molecule has 1 fully saturated rings. The quantitative estimate of drug-likeness (QED) is 0.901. The molecule has 2 aliphatic rings. The maximum Gasteiger partial charge on any atom is 0.244 e.